The van der Waals surface area contributed by atoms with Crippen LogP contribution in [-0.4, -0.2) is 31.1 Å². The molecule has 1 aromatic rings. The normalized spacial score (nSPS) is 18.5. The van der Waals surface area contributed by atoms with Crippen molar-refractivity contribution in [1.82, 2.24) is 4.90 Å². The average Bonchev–Trinajstić information content (AvgIpc) is 2.34. The highest BCUT2D eigenvalue weighted by atomic mass is 35.5. The van der Waals surface area contributed by atoms with Gasteiger partial charge in [-0.25, -0.2) is 0 Å². The van der Waals surface area contributed by atoms with E-state index in [1.165, 1.54) is 18.4 Å². The monoisotopic (exact) mass is 272 g/mol. The van der Waals surface area contributed by atoms with Gasteiger partial charge in [0.1, 0.15) is 0 Å². The Morgan fingerprint density at radius 3 is 2.47 bits per heavy atom. The summed E-state index contributed by atoms with van der Waals surface area (Å²) in [7, 11) is 0. The molecule has 0 unspecified atom stereocenters. The SMILES string of the molecule is NCCN1CCC(c2ccc(Cl)c(Cl)c2)CC1. The van der Waals surface area contributed by atoms with Crippen molar-refractivity contribution in [1.29, 1.82) is 0 Å². The maximum absolute atomic E-state index is 6.05. The molecule has 1 saturated heterocycles. The second kappa shape index (κ2) is 6.05. The van der Waals surface area contributed by atoms with E-state index >= 15 is 0 Å². The molecule has 0 aromatic heterocycles. The van der Waals surface area contributed by atoms with Gasteiger partial charge in [0.25, 0.3) is 0 Å². The zero-order chi connectivity index (χ0) is 12.3. The van der Waals surface area contributed by atoms with Crippen LogP contribution in [0.25, 0.3) is 0 Å². The van der Waals surface area contributed by atoms with E-state index in [1.807, 2.05) is 12.1 Å². The molecule has 1 aliphatic rings. The maximum atomic E-state index is 6.05. The van der Waals surface area contributed by atoms with E-state index in [4.69, 9.17) is 28.9 Å². The zero-order valence-corrected chi connectivity index (χ0v) is 11.3. The molecule has 1 aromatic carbocycles. The van der Waals surface area contributed by atoms with Gasteiger partial charge in [-0.15, -0.1) is 0 Å². The Morgan fingerprint density at radius 1 is 1.18 bits per heavy atom. The molecule has 0 aliphatic carbocycles. The summed E-state index contributed by atoms with van der Waals surface area (Å²) in [6.07, 6.45) is 2.36. The van der Waals surface area contributed by atoms with E-state index < -0.39 is 0 Å². The Morgan fingerprint density at radius 2 is 1.88 bits per heavy atom. The molecule has 1 heterocycles. The Bertz CT molecular complexity index is 374. The minimum Gasteiger partial charge on any atom is -0.329 e. The van der Waals surface area contributed by atoms with Crippen molar-refractivity contribution in [3.05, 3.63) is 33.8 Å². The van der Waals surface area contributed by atoms with Crippen LogP contribution in [0.15, 0.2) is 18.2 Å². The van der Waals surface area contributed by atoms with Crippen LogP contribution in [0.2, 0.25) is 10.0 Å². The Kier molecular flexibility index (Phi) is 4.69. The number of benzene rings is 1. The maximum Gasteiger partial charge on any atom is 0.0595 e. The van der Waals surface area contributed by atoms with E-state index in [9.17, 15) is 0 Å². The van der Waals surface area contributed by atoms with Crippen LogP contribution in [-0.2, 0) is 0 Å². The molecular formula is C13H18Cl2N2. The van der Waals surface area contributed by atoms with Gasteiger partial charge in [-0.1, -0.05) is 29.3 Å². The third kappa shape index (κ3) is 3.35. The minimum absolute atomic E-state index is 0.610. The molecule has 1 fully saturated rings. The highest BCUT2D eigenvalue weighted by molar-refractivity contribution is 6.42. The quantitative estimate of drug-likeness (QED) is 0.916. The molecule has 94 valence electrons. The van der Waals surface area contributed by atoms with Crippen molar-refractivity contribution in [3.63, 3.8) is 0 Å². The van der Waals surface area contributed by atoms with Crippen LogP contribution in [0.4, 0.5) is 0 Å². The molecular weight excluding hydrogens is 255 g/mol. The second-order valence-electron chi connectivity index (χ2n) is 4.58. The van der Waals surface area contributed by atoms with Crippen molar-refractivity contribution in [2.24, 2.45) is 5.73 Å². The van der Waals surface area contributed by atoms with Crippen molar-refractivity contribution in [3.8, 4) is 0 Å². The van der Waals surface area contributed by atoms with Gasteiger partial charge in [-0.05, 0) is 49.5 Å². The van der Waals surface area contributed by atoms with Gasteiger partial charge in [0.2, 0.25) is 0 Å². The minimum atomic E-state index is 0.610. The van der Waals surface area contributed by atoms with Gasteiger partial charge in [0.15, 0.2) is 0 Å². The predicted molar refractivity (Wildman–Crippen MR) is 73.9 cm³/mol. The summed E-state index contributed by atoms with van der Waals surface area (Å²) in [5.41, 5.74) is 6.88. The second-order valence-corrected chi connectivity index (χ2v) is 5.39. The van der Waals surface area contributed by atoms with Gasteiger partial charge >= 0.3 is 0 Å². The van der Waals surface area contributed by atoms with Gasteiger partial charge in [0, 0.05) is 13.1 Å². The number of nitrogens with two attached hydrogens (primary N) is 1. The van der Waals surface area contributed by atoms with Crippen LogP contribution in [0.5, 0.6) is 0 Å². The summed E-state index contributed by atoms with van der Waals surface area (Å²) in [4.78, 5) is 2.42. The Hall–Kier alpha value is -0.280. The molecule has 0 spiro atoms. The molecule has 2 rings (SSSR count). The summed E-state index contributed by atoms with van der Waals surface area (Å²) in [5.74, 6) is 0.610. The van der Waals surface area contributed by atoms with Crippen molar-refractivity contribution in [2.75, 3.05) is 26.2 Å². The van der Waals surface area contributed by atoms with E-state index in [2.05, 4.69) is 11.0 Å². The van der Waals surface area contributed by atoms with Gasteiger partial charge < -0.3 is 10.6 Å². The third-order valence-corrected chi connectivity index (χ3v) is 4.19. The first-order chi connectivity index (χ1) is 8.20. The molecule has 0 saturated carbocycles. The van der Waals surface area contributed by atoms with Gasteiger partial charge in [-0.3, -0.25) is 0 Å². The Balaban J connectivity index is 1.98. The molecule has 0 amide bonds. The van der Waals surface area contributed by atoms with Crippen molar-refractivity contribution < 1.29 is 0 Å². The Labute approximate surface area is 113 Å². The number of piperidine rings is 1. The molecule has 4 heteroatoms. The van der Waals surface area contributed by atoms with E-state index in [0.29, 0.717) is 16.0 Å². The topological polar surface area (TPSA) is 29.3 Å². The fourth-order valence-electron chi connectivity index (χ4n) is 2.44. The number of hydrogen-bond donors (Lipinski definition) is 1. The van der Waals surface area contributed by atoms with Crippen LogP contribution in [0, 0.1) is 0 Å². The summed E-state index contributed by atoms with van der Waals surface area (Å²) in [6.45, 7) is 4.01. The molecule has 0 bridgehead atoms. The molecule has 2 N–H and O–H groups in total. The first kappa shape index (κ1) is 13.2. The smallest absolute Gasteiger partial charge is 0.0595 e. The lowest BCUT2D eigenvalue weighted by atomic mass is 9.89. The van der Waals surface area contributed by atoms with Crippen LogP contribution in [0.1, 0.15) is 24.3 Å². The number of nitrogens with zero attached hydrogens (tertiary/aromatic N) is 1. The molecule has 17 heavy (non-hydrogen) atoms. The molecule has 0 atom stereocenters. The van der Waals surface area contributed by atoms with Crippen LogP contribution in [0.3, 0.4) is 0 Å². The zero-order valence-electron chi connectivity index (χ0n) is 9.83. The van der Waals surface area contributed by atoms with Crippen molar-refractivity contribution in [2.45, 2.75) is 18.8 Å². The van der Waals surface area contributed by atoms with Crippen LogP contribution < -0.4 is 5.73 Å². The van der Waals surface area contributed by atoms with Crippen molar-refractivity contribution >= 4 is 23.2 Å². The lowest BCUT2D eigenvalue weighted by Crippen LogP contribution is -2.36. The number of rotatable bonds is 3. The predicted octanol–water partition coefficient (Wildman–Crippen LogP) is 3.13. The number of hydrogen-bond acceptors (Lipinski definition) is 2. The summed E-state index contributed by atoms with van der Waals surface area (Å²) >= 11 is 12.0. The summed E-state index contributed by atoms with van der Waals surface area (Å²) < 4.78 is 0. The summed E-state index contributed by atoms with van der Waals surface area (Å²) in [5, 5.41) is 1.30. The standard InChI is InChI=1S/C13H18Cl2N2/c14-12-2-1-11(9-13(12)15)10-3-6-17(7-4-10)8-5-16/h1-2,9-10H,3-8,16H2. The van der Waals surface area contributed by atoms with Crippen LogP contribution >= 0.6 is 23.2 Å². The van der Waals surface area contributed by atoms with E-state index in [0.717, 1.165) is 26.2 Å². The first-order valence-corrected chi connectivity index (χ1v) is 6.83. The molecule has 0 radical (unpaired) electrons. The summed E-state index contributed by atoms with van der Waals surface area (Å²) in [6, 6.07) is 6.00. The molecule has 2 nitrogen and oxygen atoms in total. The van der Waals surface area contributed by atoms with Gasteiger partial charge in [0.05, 0.1) is 10.0 Å². The van der Waals surface area contributed by atoms with E-state index in [-0.39, 0.29) is 0 Å². The highest BCUT2D eigenvalue weighted by Gasteiger charge is 2.20. The number of halogens is 2. The first-order valence-electron chi connectivity index (χ1n) is 6.08. The lowest BCUT2D eigenvalue weighted by molar-refractivity contribution is 0.218. The lowest BCUT2D eigenvalue weighted by Gasteiger charge is -2.31. The largest absolute Gasteiger partial charge is 0.329 e. The molecule has 1 aliphatic heterocycles. The fraction of sp³-hybridized carbons (Fsp3) is 0.538. The highest BCUT2D eigenvalue weighted by Crippen LogP contribution is 2.32. The third-order valence-electron chi connectivity index (χ3n) is 3.45. The fourth-order valence-corrected chi connectivity index (χ4v) is 2.75. The average molecular weight is 273 g/mol. The van der Waals surface area contributed by atoms with E-state index in [1.54, 1.807) is 0 Å². The van der Waals surface area contributed by atoms with Gasteiger partial charge in [-0.2, -0.15) is 0 Å². The number of likely N-dealkylation sites (tertiary alicyclic amines) is 1.